The van der Waals surface area contributed by atoms with E-state index in [9.17, 15) is 32.3 Å². The highest BCUT2D eigenvalue weighted by molar-refractivity contribution is 9.10. The standard InChI is InChI=1S/C25H28BrFN4O6S/c26-18-12-17(14-28-15-18)25(35)30-10-11-31(38(36,37)20-8-6-19(27)7-9-20)24(30)23(34)29-21(13-22(32)33)16-4-2-1-3-5-16/h6-9,12,14-16,21,24H,1-5,10-11,13H2,(H,29,34)(H,32,33). The molecule has 4 rings (SSSR count). The van der Waals surface area contributed by atoms with Gasteiger partial charge in [0, 0.05) is 36.0 Å². The van der Waals surface area contributed by atoms with Gasteiger partial charge in [-0.2, -0.15) is 4.31 Å². The minimum Gasteiger partial charge on any atom is -0.481 e. The molecule has 10 nitrogen and oxygen atoms in total. The van der Waals surface area contributed by atoms with Crippen LogP contribution in [0.5, 0.6) is 0 Å². The highest BCUT2D eigenvalue weighted by atomic mass is 79.9. The summed E-state index contributed by atoms with van der Waals surface area (Å²) in [6.45, 7) is -0.269. The van der Waals surface area contributed by atoms with Crippen molar-refractivity contribution in [2.75, 3.05) is 13.1 Å². The van der Waals surface area contributed by atoms with E-state index in [2.05, 4.69) is 26.2 Å². The zero-order chi connectivity index (χ0) is 27.4. The average Bonchev–Trinajstić information content (AvgIpc) is 3.35. The van der Waals surface area contributed by atoms with E-state index in [1.807, 2.05) is 0 Å². The Labute approximate surface area is 228 Å². The van der Waals surface area contributed by atoms with Crippen molar-refractivity contribution in [2.45, 2.75) is 55.6 Å². The van der Waals surface area contributed by atoms with E-state index in [0.717, 1.165) is 65.6 Å². The van der Waals surface area contributed by atoms with Crippen LogP contribution in [-0.4, -0.2) is 70.8 Å². The Morgan fingerprint density at radius 3 is 2.42 bits per heavy atom. The maximum absolute atomic E-state index is 13.7. The number of amides is 2. The number of carbonyl (C=O) groups is 3. The van der Waals surface area contributed by atoms with Crippen LogP contribution in [0.15, 0.2) is 52.1 Å². The van der Waals surface area contributed by atoms with Gasteiger partial charge in [0.1, 0.15) is 5.82 Å². The van der Waals surface area contributed by atoms with Gasteiger partial charge in [-0.1, -0.05) is 19.3 Å². The number of carboxylic acid groups (broad SMARTS) is 1. The van der Waals surface area contributed by atoms with Crippen molar-refractivity contribution in [1.29, 1.82) is 0 Å². The summed E-state index contributed by atoms with van der Waals surface area (Å²) < 4.78 is 42.0. The van der Waals surface area contributed by atoms with Crippen LogP contribution in [-0.2, 0) is 19.6 Å². The van der Waals surface area contributed by atoms with Crippen LogP contribution in [0.2, 0.25) is 0 Å². The number of pyridine rings is 1. The Morgan fingerprint density at radius 2 is 1.79 bits per heavy atom. The van der Waals surface area contributed by atoms with E-state index in [-0.39, 0.29) is 35.9 Å². The lowest BCUT2D eigenvalue weighted by Gasteiger charge is -2.34. The Hall–Kier alpha value is -2.90. The van der Waals surface area contributed by atoms with E-state index >= 15 is 0 Å². The molecule has 2 unspecified atom stereocenters. The first kappa shape index (κ1) is 28.1. The zero-order valence-corrected chi connectivity index (χ0v) is 22.8. The van der Waals surface area contributed by atoms with Crippen molar-refractivity contribution in [3.63, 3.8) is 0 Å². The number of aliphatic carboxylic acids is 1. The summed E-state index contributed by atoms with van der Waals surface area (Å²) in [5.41, 5.74) is 0.146. The second-order valence-electron chi connectivity index (χ2n) is 9.44. The van der Waals surface area contributed by atoms with E-state index in [4.69, 9.17) is 0 Å². The first-order chi connectivity index (χ1) is 18.1. The molecule has 1 aromatic heterocycles. The van der Waals surface area contributed by atoms with Crippen molar-refractivity contribution < 1.29 is 32.3 Å². The van der Waals surface area contributed by atoms with Crippen molar-refractivity contribution in [2.24, 2.45) is 5.92 Å². The molecule has 1 saturated carbocycles. The summed E-state index contributed by atoms with van der Waals surface area (Å²) in [6.07, 6.45) is 5.23. The molecule has 2 N–H and O–H groups in total. The largest absolute Gasteiger partial charge is 0.481 e. The molecule has 0 spiro atoms. The molecule has 13 heteroatoms. The van der Waals surface area contributed by atoms with Gasteiger partial charge in [0.15, 0.2) is 6.17 Å². The van der Waals surface area contributed by atoms with Crippen LogP contribution in [0.25, 0.3) is 0 Å². The van der Waals surface area contributed by atoms with Crippen molar-refractivity contribution in [3.05, 3.63) is 58.6 Å². The third-order valence-corrected chi connectivity index (χ3v) is 9.24. The lowest BCUT2D eigenvalue weighted by Crippen LogP contribution is -2.56. The fourth-order valence-corrected chi connectivity index (χ4v) is 7.01. The monoisotopic (exact) mass is 610 g/mol. The molecule has 1 saturated heterocycles. The Bertz CT molecular complexity index is 1300. The molecule has 1 aromatic carbocycles. The predicted octanol–water partition coefficient (Wildman–Crippen LogP) is 3.00. The van der Waals surface area contributed by atoms with Gasteiger partial charge < -0.3 is 15.3 Å². The number of rotatable bonds is 8. The minimum atomic E-state index is -4.32. The molecule has 2 heterocycles. The molecule has 2 fully saturated rings. The molecule has 1 aliphatic heterocycles. The molecule has 38 heavy (non-hydrogen) atoms. The summed E-state index contributed by atoms with van der Waals surface area (Å²) in [4.78, 5) is 43.7. The quantitative estimate of drug-likeness (QED) is 0.469. The van der Waals surface area contributed by atoms with Crippen molar-refractivity contribution >= 4 is 43.7 Å². The van der Waals surface area contributed by atoms with E-state index in [1.54, 1.807) is 0 Å². The SMILES string of the molecule is O=C(O)CC(NC(=O)C1N(C(=O)c2cncc(Br)c2)CCN1S(=O)(=O)c1ccc(F)cc1)C1CCCCC1. The van der Waals surface area contributed by atoms with Crippen LogP contribution >= 0.6 is 15.9 Å². The van der Waals surface area contributed by atoms with Crippen LogP contribution in [0.4, 0.5) is 4.39 Å². The van der Waals surface area contributed by atoms with Gasteiger partial charge >= 0.3 is 5.97 Å². The third kappa shape index (κ3) is 6.21. The molecular formula is C25H28BrFN4O6S. The fraction of sp³-hybridized carbons (Fsp3) is 0.440. The van der Waals surface area contributed by atoms with Crippen LogP contribution in [0, 0.1) is 11.7 Å². The number of sulfonamides is 1. The van der Waals surface area contributed by atoms with Gasteiger partial charge in [-0.3, -0.25) is 19.4 Å². The van der Waals surface area contributed by atoms with Gasteiger partial charge in [-0.05, 0) is 65.0 Å². The number of carbonyl (C=O) groups excluding carboxylic acids is 2. The third-order valence-electron chi connectivity index (χ3n) is 6.94. The molecule has 2 aliphatic rings. The Kier molecular flexibility index (Phi) is 8.78. The number of hydrogen-bond donors (Lipinski definition) is 2. The van der Waals surface area contributed by atoms with E-state index < -0.39 is 45.8 Å². The van der Waals surface area contributed by atoms with Gasteiger partial charge in [0.2, 0.25) is 10.0 Å². The number of hydrogen-bond acceptors (Lipinski definition) is 6. The topological polar surface area (TPSA) is 137 Å². The number of nitrogens with zero attached hydrogens (tertiary/aromatic N) is 3. The first-order valence-corrected chi connectivity index (χ1v) is 14.5. The lowest BCUT2D eigenvalue weighted by molar-refractivity contribution is -0.138. The molecule has 1 aliphatic carbocycles. The normalized spacial score (nSPS) is 19.7. The molecule has 0 radical (unpaired) electrons. The van der Waals surface area contributed by atoms with Crippen LogP contribution in [0.1, 0.15) is 48.9 Å². The zero-order valence-electron chi connectivity index (χ0n) is 20.4. The maximum Gasteiger partial charge on any atom is 0.305 e. The summed E-state index contributed by atoms with van der Waals surface area (Å²) in [5.74, 6) is -3.19. The molecule has 0 bridgehead atoms. The molecule has 2 amide bonds. The second kappa shape index (κ2) is 11.9. The molecule has 204 valence electrons. The van der Waals surface area contributed by atoms with Gasteiger partial charge in [0.25, 0.3) is 11.8 Å². The van der Waals surface area contributed by atoms with Crippen molar-refractivity contribution in [1.82, 2.24) is 19.5 Å². The van der Waals surface area contributed by atoms with E-state index in [0.29, 0.717) is 4.47 Å². The molecular weight excluding hydrogens is 583 g/mol. The Morgan fingerprint density at radius 1 is 1.11 bits per heavy atom. The number of aromatic nitrogens is 1. The van der Waals surface area contributed by atoms with Crippen molar-refractivity contribution in [3.8, 4) is 0 Å². The lowest BCUT2D eigenvalue weighted by atomic mass is 9.82. The second-order valence-corrected chi connectivity index (χ2v) is 12.3. The molecule has 2 atom stereocenters. The average molecular weight is 611 g/mol. The van der Waals surface area contributed by atoms with Crippen LogP contribution < -0.4 is 5.32 Å². The first-order valence-electron chi connectivity index (χ1n) is 12.3. The maximum atomic E-state index is 13.7. The number of carboxylic acids is 1. The summed E-state index contributed by atoms with van der Waals surface area (Å²) >= 11 is 3.26. The number of benzene rings is 1. The van der Waals surface area contributed by atoms with Gasteiger partial charge in [-0.15, -0.1) is 0 Å². The molecule has 2 aromatic rings. The minimum absolute atomic E-state index is 0.0780. The predicted molar refractivity (Wildman–Crippen MR) is 138 cm³/mol. The summed E-state index contributed by atoms with van der Waals surface area (Å²) in [6, 6.07) is 4.98. The highest BCUT2D eigenvalue weighted by Crippen LogP contribution is 2.30. The van der Waals surface area contributed by atoms with E-state index in [1.165, 1.54) is 18.5 Å². The smallest absolute Gasteiger partial charge is 0.305 e. The summed E-state index contributed by atoms with van der Waals surface area (Å²) in [7, 11) is -4.32. The fourth-order valence-electron chi connectivity index (χ4n) is 5.10. The summed E-state index contributed by atoms with van der Waals surface area (Å²) in [5, 5.41) is 12.3. The van der Waals surface area contributed by atoms with Crippen LogP contribution in [0.3, 0.4) is 0 Å². The van der Waals surface area contributed by atoms with Gasteiger partial charge in [0.05, 0.1) is 16.9 Å². The highest BCUT2D eigenvalue weighted by Gasteiger charge is 2.47. The Balaban J connectivity index is 1.69. The number of halogens is 2. The van der Waals surface area contributed by atoms with Gasteiger partial charge in [-0.25, -0.2) is 12.8 Å². The number of nitrogens with one attached hydrogen (secondary N) is 1.